The van der Waals surface area contributed by atoms with Gasteiger partial charge in [0, 0.05) is 11.9 Å². The number of allylic oxidation sites excluding steroid dienone is 1. The van der Waals surface area contributed by atoms with Crippen LogP contribution >= 0.6 is 0 Å². The van der Waals surface area contributed by atoms with Crippen molar-refractivity contribution in [2.75, 3.05) is 5.32 Å². The third-order valence-corrected chi connectivity index (χ3v) is 2.70. The van der Waals surface area contributed by atoms with E-state index in [1.807, 2.05) is 54.6 Å². The number of rotatable bonds is 5. The van der Waals surface area contributed by atoms with E-state index in [2.05, 4.69) is 5.32 Å². The Balaban J connectivity index is 2.00. The predicted octanol–water partition coefficient (Wildman–Crippen LogP) is 3.61. The van der Waals surface area contributed by atoms with Crippen LogP contribution in [0.2, 0.25) is 0 Å². The molecule has 1 N–H and O–H groups in total. The first-order valence-electron chi connectivity index (χ1n) is 6.35. The quantitative estimate of drug-likeness (QED) is 0.846. The molecule has 0 amide bonds. The smallest absolute Gasteiger partial charge is 0.145 e. The minimum Gasteiger partial charge on any atom is -0.489 e. The Kier molecular flexibility index (Phi) is 4.98. The molecule has 4 heteroatoms. The number of nitrogens with one attached hydrogen (secondary N) is 1. The van der Waals surface area contributed by atoms with E-state index in [0.29, 0.717) is 6.61 Å². The summed E-state index contributed by atoms with van der Waals surface area (Å²) in [5.74, 6) is 0.812. The summed E-state index contributed by atoms with van der Waals surface area (Å²) in [6, 6.07) is 20.8. The normalized spacial score (nSPS) is 9.05. The summed E-state index contributed by atoms with van der Waals surface area (Å²) in [5, 5.41) is 20.3. The molecule has 0 aliphatic rings. The zero-order valence-electron chi connectivity index (χ0n) is 11.3. The van der Waals surface area contributed by atoms with Gasteiger partial charge in [0.15, 0.2) is 0 Å². The average molecular weight is 275 g/mol. The molecular formula is C17H13N3O. The molecule has 2 rings (SSSR count). The fourth-order valence-electron chi connectivity index (χ4n) is 1.68. The van der Waals surface area contributed by atoms with Crippen molar-refractivity contribution in [2.45, 2.75) is 6.61 Å². The molecule has 0 radical (unpaired) electrons. The van der Waals surface area contributed by atoms with Gasteiger partial charge in [-0.15, -0.1) is 0 Å². The Morgan fingerprint density at radius 3 is 2.52 bits per heavy atom. The molecule has 2 aromatic carbocycles. The molecule has 0 unspecified atom stereocenters. The van der Waals surface area contributed by atoms with E-state index in [1.165, 1.54) is 6.20 Å². The zero-order chi connectivity index (χ0) is 14.9. The lowest BCUT2D eigenvalue weighted by molar-refractivity contribution is 0.306. The van der Waals surface area contributed by atoms with Crippen molar-refractivity contribution < 1.29 is 4.74 Å². The number of benzene rings is 2. The van der Waals surface area contributed by atoms with Gasteiger partial charge in [0.05, 0.1) is 0 Å². The minimum atomic E-state index is 0.0286. The summed E-state index contributed by atoms with van der Waals surface area (Å²) in [6.07, 6.45) is 1.39. The summed E-state index contributed by atoms with van der Waals surface area (Å²) in [7, 11) is 0. The fourth-order valence-corrected chi connectivity index (χ4v) is 1.68. The van der Waals surface area contributed by atoms with Crippen molar-refractivity contribution in [3.63, 3.8) is 0 Å². The van der Waals surface area contributed by atoms with E-state index in [1.54, 1.807) is 12.1 Å². The van der Waals surface area contributed by atoms with Gasteiger partial charge in [-0.2, -0.15) is 10.5 Å². The van der Waals surface area contributed by atoms with Crippen molar-refractivity contribution in [1.29, 1.82) is 10.5 Å². The molecule has 21 heavy (non-hydrogen) atoms. The van der Waals surface area contributed by atoms with Gasteiger partial charge in [-0.1, -0.05) is 30.3 Å². The van der Waals surface area contributed by atoms with Crippen molar-refractivity contribution in [2.24, 2.45) is 0 Å². The van der Waals surface area contributed by atoms with E-state index in [-0.39, 0.29) is 5.57 Å². The van der Waals surface area contributed by atoms with Gasteiger partial charge in [0.1, 0.15) is 30.1 Å². The largest absolute Gasteiger partial charge is 0.489 e. The van der Waals surface area contributed by atoms with E-state index in [9.17, 15) is 0 Å². The Labute approximate surface area is 123 Å². The SMILES string of the molecule is N#CC(C#N)=CNc1cccc(COc2ccccc2)c1. The molecule has 0 aliphatic heterocycles. The van der Waals surface area contributed by atoms with Crippen LogP contribution in [0.25, 0.3) is 0 Å². The molecule has 0 heterocycles. The third kappa shape index (κ3) is 4.41. The van der Waals surface area contributed by atoms with Crippen LogP contribution in [0.15, 0.2) is 66.4 Å². The standard InChI is InChI=1S/C17H13N3O/c18-10-15(11-19)12-20-16-6-4-5-14(9-16)13-21-17-7-2-1-3-8-17/h1-9,12,20H,13H2. The summed E-state index contributed by atoms with van der Waals surface area (Å²) in [4.78, 5) is 0. The van der Waals surface area contributed by atoms with Crippen LogP contribution in [0.3, 0.4) is 0 Å². The first kappa shape index (κ1) is 14.2. The number of hydrogen-bond donors (Lipinski definition) is 1. The Bertz CT molecular complexity index is 693. The number of hydrogen-bond acceptors (Lipinski definition) is 4. The first-order chi connectivity index (χ1) is 10.3. The number of nitrogens with zero attached hydrogens (tertiary/aromatic N) is 2. The Hall–Kier alpha value is -3.24. The molecular weight excluding hydrogens is 262 g/mol. The van der Waals surface area contributed by atoms with E-state index in [0.717, 1.165) is 17.0 Å². The van der Waals surface area contributed by atoms with Crippen LogP contribution in [-0.4, -0.2) is 0 Å². The van der Waals surface area contributed by atoms with Crippen molar-refractivity contribution in [1.82, 2.24) is 0 Å². The monoisotopic (exact) mass is 275 g/mol. The second kappa shape index (κ2) is 7.37. The summed E-state index contributed by atoms with van der Waals surface area (Å²) < 4.78 is 5.67. The topological polar surface area (TPSA) is 68.8 Å². The maximum absolute atomic E-state index is 8.67. The molecule has 0 aromatic heterocycles. The third-order valence-electron chi connectivity index (χ3n) is 2.70. The fraction of sp³-hybridized carbons (Fsp3) is 0.0588. The van der Waals surface area contributed by atoms with Crippen molar-refractivity contribution in [3.05, 3.63) is 71.9 Å². The van der Waals surface area contributed by atoms with Crippen LogP contribution < -0.4 is 10.1 Å². The molecule has 0 fully saturated rings. The van der Waals surface area contributed by atoms with Crippen LogP contribution in [0.4, 0.5) is 5.69 Å². The van der Waals surface area contributed by atoms with Crippen LogP contribution in [0.1, 0.15) is 5.56 Å². The molecule has 0 bridgehead atoms. The molecule has 0 atom stereocenters. The summed E-state index contributed by atoms with van der Waals surface area (Å²) in [6.45, 7) is 0.451. The molecule has 102 valence electrons. The van der Waals surface area contributed by atoms with Crippen LogP contribution in [-0.2, 0) is 6.61 Å². The zero-order valence-corrected chi connectivity index (χ0v) is 11.3. The highest BCUT2D eigenvalue weighted by Crippen LogP contribution is 2.15. The highest BCUT2D eigenvalue weighted by Gasteiger charge is 1.98. The lowest BCUT2D eigenvalue weighted by atomic mass is 10.2. The summed E-state index contributed by atoms with van der Waals surface area (Å²) in [5.41, 5.74) is 1.82. The number of para-hydroxylation sites is 1. The summed E-state index contributed by atoms with van der Waals surface area (Å²) >= 11 is 0. The van der Waals surface area contributed by atoms with Gasteiger partial charge in [-0.25, -0.2) is 0 Å². The lowest BCUT2D eigenvalue weighted by Crippen LogP contribution is -1.97. The molecule has 0 saturated carbocycles. The average Bonchev–Trinajstić information content (AvgIpc) is 2.55. The van der Waals surface area contributed by atoms with Crippen molar-refractivity contribution >= 4 is 5.69 Å². The Morgan fingerprint density at radius 2 is 1.81 bits per heavy atom. The van der Waals surface area contributed by atoms with Crippen LogP contribution in [0.5, 0.6) is 5.75 Å². The molecule has 4 nitrogen and oxygen atoms in total. The highest BCUT2D eigenvalue weighted by atomic mass is 16.5. The van der Waals surface area contributed by atoms with E-state index < -0.39 is 0 Å². The van der Waals surface area contributed by atoms with Crippen molar-refractivity contribution in [3.8, 4) is 17.9 Å². The van der Waals surface area contributed by atoms with Crippen LogP contribution in [0, 0.1) is 22.7 Å². The van der Waals surface area contributed by atoms with Gasteiger partial charge in [0.2, 0.25) is 0 Å². The maximum atomic E-state index is 8.67. The molecule has 0 aliphatic carbocycles. The predicted molar refractivity (Wildman–Crippen MR) is 80.1 cm³/mol. The van der Waals surface area contributed by atoms with Gasteiger partial charge in [-0.05, 0) is 29.8 Å². The number of nitriles is 2. The van der Waals surface area contributed by atoms with Gasteiger partial charge in [0.25, 0.3) is 0 Å². The maximum Gasteiger partial charge on any atom is 0.145 e. The number of ether oxygens (including phenoxy) is 1. The number of anilines is 1. The second-order valence-electron chi connectivity index (χ2n) is 4.23. The first-order valence-corrected chi connectivity index (χ1v) is 6.35. The van der Waals surface area contributed by atoms with Gasteiger partial charge >= 0.3 is 0 Å². The van der Waals surface area contributed by atoms with E-state index in [4.69, 9.17) is 15.3 Å². The molecule has 0 spiro atoms. The van der Waals surface area contributed by atoms with E-state index >= 15 is 0 Å². The van der Waals surface area contributed by atoms with Gasteiger partial charge < -0.3 is 10.1 Å². The highest BCUT2D eigenvalue weighted by molar-refractivity contribution is 5.50. The second-order valence-corrected chi connectivity index (χ2v) is 4.23. The lowest BCUT2D eigenvalue weighted by Gasteiger charge is -2.07. The minimum absolute atomic E-state index is 0.0286. The Morgan fingerprint density at radius 1 is 1.05 bits per heavy atom. The molecule has 2 aromatic rings. The van der Waals surface area contributed by atoms with Gasteiger partial charge in [-0.3, -0.25) is 0 Å². The molecule has 0 saturated heterocycles.